The Morgan fingerprint density at radius 2 is 2.24 bits per heavy atom. The first-order valence-electron chi connectivity index (χ1n) is 7.39. The fourth-order valence-electron chi connectivity index (χ4n) is 2.65. The molecular formula is C15H22FN3O2. The van der Waals surface area contributed by atoms with Crippen LogP contribution in [0.15, 0.2) is 18.5 Å². The van der Waals surface area contributed by atoms with Crippen LogP contribution in [0.3, 0.4) is 0 Å². The van der Waals surface area contributed by atoms with Crippen LogP contribution in [0.2, 0.25) is 0 Å². The number of rotatable bonds is 4. The van der Waals surface area contributed by atoms with Gasteiger partial charge in [-0.25, -0.2) is 9.18 Å². The lowest BCUT2D eigenvalue weighted by Gasteiger charge is -2.27. The van der Waals surface area contributed by atoms with Gasteiger partial charge in [0, 0.05) is 18.7 Å². The highest BCUT2D eigenvalue weighted by Gasteiger charge is 2.23. The largest absolute Gasteiger partial charge is 0.393 e. The lowest BCUT2D eigenvalue weighted by Crippen LogP contribution is -2.42. The van der Waals surface area contributed by atoms with E-state index >= 15 is 0 Å². The number of hydrogen-bond donors (Lipinski definition) is 3. The van der Waals surface area contributed by atoms with Crippen LogP contribution in [0.4, 0.5) is 9.18 Å². The quantitative estimate of drug-likeness (QED) is 0.796. The van der Waals surface area contributed by atoms with Crippen molar-refractivity contribution in [1.82, 2.24) is 15.6 Å². The SMILES string of the molecule is C[C@H](NC(=O)NC[C@H]1CCCC[C@@H]1O)c1cncc(F)c1. The molecule has 0 unspecified atom stereocenters. The van der Waals surface area contributed by atoms with Gasteiger partial charge in [-0.2, -0.15) is 0 Å². The van der Waals surface area contributed by atoms with Crippen LogP contribution in [-0.2, 0) is 0 Å². The van der Waals surface area contributed by atoms with Crippen molar-refractivity contribution in [2.45, 2.75) is 44.8 Å². The number of pyridine rings is 1. The Labute approximate surface area is 124 Å². The minimum Gasteiger partial charge on any atom is -0.393 e. The summed E-state index contributed by atoms with van der Waals surface area (Å²) >= 11 is 0. The number of hydrogen-bond acceptors (Lipinski definition) is 3. The number of urea groups is 1. The maximum atomic E-state index is 13.1. The van der Waals surface area contributed by atoms with E-state index in [4.69, 9.17) is 0 Å². The molecule has 2 amide bonds. The zero-order valence-electron chi connectivity index (χ0n) is 12.2. The average molecular weight is 295 g/mol. The van der Waals surface area contributed by atoms with E-state index in [1.165, 1.54) is 12.3 Å². The first-order valence-corrected chi connectivity index (χ1v) is 7.39. The van der Waals surface area contributed by atoms with Crippen molar-refractivity contribution >= 4 is 6.03 Å². The summed E-state index contributed by atoms with van der Waals surface area (Å²) in [6.07, 6.45) is 6.21. The Balaban J connectivity index is 1.78. The monoisotopic (exact) mass is 295 g/mol. The summed E-state index contributed by atoms with van der Waals surface area (Å²) in [7, 11) is 0. The van der Waals surface area contributed by atoms with Gasteiger partial charge in [-0.15, -0.1) is 0 Å². The number of carbonyl (C=O) groups is 1. The smallest absolute Gasteiger partial charge is 0.315 e. The first kappa shape index (κ1) is 15.7. The van der Waals surface area contributed by atoms with E-state index in [1.54, 1.807) is 6.92 Å². The second kappa shape index (κ2) is 7.36. The number of aromatic nitrogens is 1. The molecule has 2 rings (SSSR count). The Morgan fingerprint density at radius 3 is 2.95 bits per heavy atom. The van der Waals surface area contributed by atoms with Gasteiger partial charge in [-0.05, 0) is 31.4 Å². The number of carbonyl (C=O) groups excluding carboxylic acids is 1. The standard InChI is InChI=1S/C15H22FN3O2/c1-10(12-6-13(16)9-17-7-12)19-15(21)18-8-11-4-2-3-5-14(11)20/h6-7,9-11,14,20H,2-5,8H2,1H3,(H2,18,19,21)/t10-,11+,14-/m0/s1. The average Bonchev–Trinajstić information content (AvgIpc) is 2.46. The molecule has 0 aromatic carbocycles. The number of nitrogens with zero attached hydrogens (tertiary/aromatic N) is 1. The lowest BCUT2D eigenvalue weighted by atomic mass is 9.86. The van der Waals surface area contributed by atoms with Crippen molar-refractivity contribution in [3.8, 4) is 0 Å². The Hall–Kier alpha value is -1.69. The zero-order valence-corrected chi connectivity index (χ0v) is 12.2. The van der Waals surface area contributed by atoms with Crippen molar-refractivity contribution in [2.75, 3.05) is 6.54 Å². The fourth-order valence-corrected chi connectivity index (χ4v) is 2.65. The molecule has 0 spiro atoms. The normalized spacial score (nSPS) is 23.4. The van der Waals surface area contributed by atoms with Crippen LogP contribution in [0.25, 0.3) is 0 Å². The third kappa shape index (κ3) is 4.67. The zero-order chi connectivity index (χ0) is 15.2. The minimum absolute atomic E-state index is 0.121. The summed E-state index contributed by atoms with van der Waals surface area (Å²) in [5.41, 5.74) is 0.614. The number of aliphatic hydroxyl groups is 1. The van der Waals surface area contributed by atoms with Crippen LogP contribution >= 0.6 is 0 Å². The highest BCUT2D eigenvalue weighted by atomic mass is 19.1. The van der Waals surface area contributed by atoms with Gasteiger partial charge in [0.05, 0.1) is 18.3 Å². The van der Waals surface area contributed by atoms with Crippen molar-refractivity contribution in [2.24, 2.45) is 5.92 Å². The Bertz CT molecular complexity index is 484. The number of nitrogens with one attached hydrogen (secondary N) is 2. The summed E-state index contributed by atoms with van der Waals surface area (Å²) in [6.45, 7) is 2.23. The van der Waals surface area contributed by atoms with Crippen LogP contribution in [0, 0.1) is 11.7 Å². The molecule has 0 bridgehead atoms. The molecule has 1 heterocycles. The van der Waals surface area contributed by atoms with E-state index in [0.717, 1.165) is 31.9 Å². The summed E-state index contributed by atoms with van der Waals surface area (Å²) in [5, 5.41) is 15.4. The molecular weight excluding hydrogens is 273 g/mol. The fraction of sp³-hybridized carbons (Fsp3) is 0.600. The number of amides is 2. The first-order chi connectivity index (χ1) is 10.1. The summed E-state index contributed by atoms with van der Waals surface area (Å²) < 4.78 is 13.1. The van der Waals surface area contributed by atoms with Crippen molar-refractivity contribution in [3.63, 3.8) is 0 Å². The maximum absolute atomic E-state index is 13.1. The Kier molecular flexibility index (Phi) is 5.50. The van der Waals surface area contributed by atoms with Gasteiger partial charge in [-0.3, -0.25) is 4.98 Å². The van der Waals surface area contributed by atoms with Gasteiger partial charge in [0.25, 0.3) is 0 Å². The van der Waals surface area contributed by atoms with E-state index in [9.17, 15) is 14.3 Å². The maximum Gasteiger partial charge on any atom is 0.315 e. The van der Waals surface area contributed by atoms with Crippen molar-refractivity contribution < 1.29 is 14.3 Å². The molecule has 1 fully saturated rings. The molecule has 1 aromatic rings. The minimum atomic E-state index is -0.424. The van der Waals surface area contributed by atoms with Crippen LogP contribution < -0.4 is 10.6 Å². The third-order valence-corrected chi connectivity index (χ3v) is 3.97. The summed E-state index contributed by atoms with van der Waals surface area (Å²) in [6, 6.07) is 0.706. The summed E-state index contributed by atoms with van der Waals surface area (Å²) in [4.78, 5) is 15.6. The summed E-state index contributed by atoms with van der Waals surface area (Å²) in [5.74, 6) is -0.303. The van der Waals surface area contributed by atoms with Gasteiger partial charge in [0.2, 0.25) is 0 Å². The van der Waals surface area contributed by atoms with Crippen molar-refractivity contribution in [1.29, 1.82) is 0 Å². The predicted molar refractivity (Wildman–Crippen MR) is 77.1 cm³/mol. The molecule has 1 aliphatic rings. The lowest BCUT2D eigenvalue weighted by molar-refractivity contribution is 0.0708. The predicted octanol–water partition coefficient (Wildman–Crippen LogP) is 2.13. The molecule has 1 aliphatic carbocycles. The molecule has 1 aromatic heterocycles. The molecule has 5 nitrogen and oxygen atoms in total. The second-order valence-corrected chi connectivity index (χ2v) is 5.62. The second-order valence-electron chi connectivity index (χ2n) is 5.62. The van der Waals surface area contributed by atoms with Crippen LogP contribution in [0.1, 0.15) is 44.2 Å². The van der Waals surface area contributed by atoms with E-state index in [2.05, 4.69) is 15.6 Å². The van der Waals surface area contributed by atoms with E-state index in [1.807, 2.05) is 0 Å². The van der Waals surface area contributed by atoms with Gasteiger partial charge in [0.1, 0.15) is 5.82 Å². The molecule has 3 atom stereocenters. The van der Waals surface area contributed by atoms with E-state index < -0.39 is 5.82 Å². The van der Waals surface area contributed by atoms with E-state index in [0.29, 0.717) is 12.1 Å². The van der Waals surface area contributed by atoms with Crippen LogP contribution in [0.5, 0.6) is 0 Å². The molecule has 116 valence electrons. The van der Waals surface area contributed by atoms with Gasteiger partial charge in [-0.1, -0.05) is 12.8 Å². The molecule has 0 aliphatic heterocycles. The van der Waals surface area contributed by atoms with Gasteiger partial charge in [0.15, 0.2) is 0 Å². The highest BCUT2D eigenvalue weighted by molar-refractivity contribution is 5.74. The molecule has 0 radical (unpaired) electrons. The topological polar surface area (TPSA) is 74.2 Å². The van der Waals surface area contributed by atoms with Gasteiger partial charge < -0.3 is 15.7 Å². The molecule has 6 heteroatoms. The van der Waals surface area contributed by atoms with Gasteiger partial charge >= 0.3 is 6.03 Å². The highest BCUT2D eigenvalue weighted by Crippen LogP contribution is 2.23. The molecule has 3 N–H and O–H groups in total. The number of aliphatic hydroxyl groups excluding tert-OH is 1. The molecule has 1 saturated carbocycles. The molecule has 21 heavy (non-hydrogen) atoms. The molecule has 0 saturated heterocycles. The van der Waals surface area contributed by atoms with Crippen LogP contribution in [-0.4, -0.2) is 28.8 Å². The van der Waals surface area contributed by atoms with E-state index in [-0.39, 0.29) is 24.1 Å². The number of halogens is 1. The Morgan fingerprint density at radius 1 is 1.48 bits per heavy atom. The van der Waals surface area contributed by atoms with Crippen molar-refractivity contribution in [3.05, 3.63) is 29.8 Å². The third-order valence-electron chi connectivity index (χ3n) is 3.97.